The fourth-order valence-corrected chi connectivity index (χ4v) is 3.69. The zero-order chi connectivity index (χ0) is 20.4. The van der Waals surface area contributed by atoms with Gasteiger partial charge in [0.2, 0.25) is 5.88 Å². The summed E-state index contributed by atoms with van der Waals surface area (Å²) in [5.41, 5.74) is 0.398. The van der Waals surface area contributed by atoms with Gasteiger partial charge < -0.3 is 13.9 Å². The molecule has 0 bridgehead atoms. The fourth-order valence-electron chi connectivity index (χ4n) is 2.64. The van der Waals surface area contributed by atoms with Gasteiger partial charge in [-0.05, 0) is 43.3 Å². The Morgan fingerprint density at radius 1 is 1.07 bits per heavy atom. The summed E-state index contributed by atoms with van der Waals surface area (Å²) in [5, 5.41) is -0.0469. The van der Waals surface area contributed by atoms with E-state index >= 15 is 0 Å². The monoisotopic (exact) mass is 410 g/mol. The van der Waals surface area contributed by atoms with E-state index in [-0.39, 0.29) is 5.03 Å². The van der Waals surface area contributed by atoms with Crippen molar-refractivity contribution in [3.63, 3.8) is 0 Å². The van der Waals surface area contributed by atoms with Crippen LogP contribution in [0.4, 0.5) is 5.69 Å². The lowest BCUT2D eigenvalue weighted by Crippen LogP contribution is -2.13. The smallest absolute Gasteiger partial charge is 0.280 e. The Kier molecular flexibility index (Phi) is 4.77. The molecule has 0 radical (unpaired) electrons. The lowest BCUT2D eigenvalue weighted by Gasteiger charge is -2.10. The molecule has 0 aliphatic carbocycles. The number of rotatable bonds is 6. The third kappa shape index (κ3) is 4.27. The summed E-state index contributed by atoms with van der Waals surface area (Å²) in [5.74, 6) is 2.17. The normalized spacial score (nSPS) is 11.4. The van der Waals surface area contributed by atoms with Crippen molar-refractivity contribution in [2.24, 2.45) is 7.05 Å². The van der Waals surface area contributed by atoms with E-state index in [4.69, 9.17) is 4.74 Å². The zero-order valence-electron chi connectivity index (χ0n) is 15.7. The number of ether oxygens (including phenoxy) is 1. The number of nitrogens with zero attached hydrogens (tertiary/aromatic N) is 5. The fraction of sp³-hybridized carbons (Fsp3) is 0.105. The summed E-state index contributed by atoms with van der Waals surface area (Å²) in [6, 6.07) is 12.1. The topological polar surface area (TPSA) is 104 Å². The van der Waals surface area contributed by atoms with E-state index in [1.807, 2.05) is 29.1 Å². The second kappa shape index (κ2) is 7.40. The van der Waals surface area contributed by atoms with Crippen molar-refractivity contribution >= 4 is 15.7 Å². The van der Waals surface area contributed by atoms with Crippen molar-refractivity contribution in [1.82, 2.24) is 24.1 Å². The summed E-state index contributed by atoms with van der Waals surface area (Å²) in [4.78, 5) is 12.6. The van der Waals surface area contributed by atoms with E-state index in [1.165, 1.54) is 12.5 Å². The van der Waals surface area contributed by atoms with E-state index in [1.54, 1.807) is 48.9 Å². The largest absolute Gasteiger partial charge is 0.439 e. The molecule has 3 aromatic heterocycles. The molecule has 4 rings (SSSR count). The summed E-state index contributed by atoms with van der Waals surface area (Å²) in [6.07, 6.45) is 6.62. The van der Waals surface area contributed by atoms with Gasteiger partial charge in [-0.2, -0.15) is 13.4 Å². The van der Waals surface area contributed by atoms with Gasteiger partial charge in [0.05, 0.1) is 6.33 Å². The maximum Gasteiger partial charge on any atom is 0.280 e. The molecule has 3 heterocycles. The predicted octanol–water partition coefficient (Wildman–Crippen LogP) is 2.90. The number of hydrogen-bond acceptors (Lipinski definition) is 6. The predicted molar refractivity (Wildman–Crippen MR) is 107 cm³/mol. The molecule has 10 heteroatoms. The highest BCUT2D eigenvalue weighted by Gasteiger charge is 2.17. The van der Waals surface area contributed by atoms with Crippen LogP contribution in [0.2, 0.25) is 0 Å². The zero-order valence-corrected chi connectivity index (χ0v) is 16.5. The van der Waals surface area contributed by atoms with Crippen molar-refractivity contribution < 1.29 is 13.2 Å². The molecule has 1 aromatic carbocycles. The lowest BCUT2D eigenvalue weighted by atomic mass is 10.3. The number of hydrogen-bond donors (Lipinski definition) is 1. The molecule has 0 aliphatic rings. The quantitative estimate of drug-likeness (QED) is 0.524. The van der Waals surface area contributed by atoms with Gasteiger partial charge in [-0.3, -0.25) is 4.72 Å². The van der Waals surface area contributed by atoms with Crippen molar-refractivity contribution in [2.45, 2.75) is 11.9 Å². The van der Waals surface area contributed by atoms with Crippen LogP contribution in [0.1, 0.15) is 5.82 Å². The highest BCUT2D eigenvalue weighted by Crippen LogP contribution is 2.24. The molecule has 0 aliphatic heterocycles. The van der Waals surface area contributed by atoms with Crippen molar-refractivity contribution in [3.05, 3.63) is 73.2 Å². The highest BCUT2D eigenvalue weighted by atomic mass is 32.2. The molecule has 0 unspecified atom stereocenters. The molecule has 9 nitrogen and oxygen atoms in total. The average molecular weight is 410 g/mol. The Balaban J connectivity index is 1.50. The standard InChI is InChI=1S/C19H18N6O3S/c1-14-21-17(25-9-3-4-10-25)11-18(22-14)28-16-7-5-15(6-8-16)23-29(26,27)19-12-24(2)13-20-19/h3-13,23H,1-2H3. The molecule has 148 valence electrons. The molecule has 0 saturated heterocycles. The highest BCUT2D eigenvalue weighted by molar-refractivity contribution is 7.92. The minimum atomic E-state index is -3.75. The first-order valence-electron chi connectivity index (χ1n) is 8.67. The Morgan fingerprint density at radius 3 is 2.45 bits per heavy atom. The third-order valence-electron chi connectivity index (χ3n) is 3.96. The first-order valence-corrected chi connectivity index (χ1v) is 10.2. The van der Waals surface area contributed by atoms with Gasteiger partial charge in [0.15, 0.2) is 5.03 Å². The van der Waals surface area contributed by atoms with Gasteiger partial charge in [-0.1, -0.05) is 0 Å². The lowest BCUT2D eigenvalue weighted by molar-refractivity contribution is 0.459. The molecule has 0 atom stereocenters. The van der Waals surface area contributed by atoms with Crippen LogP contribution in [0.25, 0.3) is 5.82 Å². The van der Waals surface area contributed by atoms with Crippen LogP contribution in [0.3, 0.4) is 0 Å². The van der Waals surface area contributed by atoms with Gasteiger partial charge in [0.1, 0.15) is 17.4 Å². The van der Waals surface area contributed by atoms with E-state index in [0.29, 0.717) is 29.0 Å². The van der Waals surface area contributed by atoms with Crippen LogP contribution in [0.5, 0.6) is 11.6 Å². The van der Waals surface area contributed by atoms with Gasteiger partial charge in [-0.25, -0.2) is 9.97 Å². The maximum absolute atomic E-state index is 12.3. The van der Waals surface area contributed by atoms with Crippen molar-refractivity contribution in [2.75, 3.05) is 4.72 Å². The molecule has 0 fully saturated rings. The van der Waals surface area contributed by atoms with Crippen LogP contribution in [0, 0.1) is 6.92 Å². The van der Waals surface area contributed by atoms with Crippen LogP contribution in [-0.2, 0) is 17.1 Å². The number of aryl methyl sites for hydroxylation is 2. The molecule has 1 N–H and O–H groups in total. The molecular weight excluding hydrogens is 392 g/mol. The van der Waals surface area contributed by atoms with Gasteiger partial charge in [0, 0.05) is 37.4 Å². The summed E-state index contributed by atoms with van der Waals surface area (Å²) in [6.45, 7) is 1.79. The van der Waals surface area contributed by atoms with Crippen LogP contribution >= 0.6 is 0 Å². The minimum Gasteiger partial charge on any atom is -0.439 e. The Hall–Kier alpha value is -3.66. The van der Waals surface area contributed by atoms with Crippen LogP contribution < -0.4 is 9.46 Å². The number of imidazole rings is 1. The molecule has 0 spiro atoms. The summed E-state index contributed by atoms with van der Waals surface area (Å²) >= 11 is 0. The summed E-state index contributed by atoms with van der Waals surface area (Å²) < 4.78 is 36.4. The number of anilines is 1. The molecule has 29 heavy (non-hydrogen) atoms. The Morgan fingerprint density at radius 2 is 1.79 bits per heavy atom. The van der Waals surface area contributed by atoms with E-state index in [9.17, 15) is 8.42 Å². The van der Waals surface area contributed by atoms with Gasteiger partial charge >= 0.3 is 0 Å². The SMILES string of the molecule is Cc1nc(Oc2ccc(NS(=O)(=O)c3cn(C)cn3)cc2)cc(-n2cccc2)n1. The van der Waals surface area contributed by atoms with E-state index < -0.39 is 10.0 Å². The van der Waals surface area contributed by atoms with Gasteiger partial charge in [0.25, 0.3) is 10.0 Å². The Labute approximate surface area is 167 Å². The molecular formula is C19H18N6O3S. The molecule has 4 aromatic rings. The second-order valence-corrected chi connectivity index (χ2v) is 7.94. The maximum atomic E-state index is 12.3. The Bertz CT molecular complexity index is 1230. The van der Waals surface area contributed by atoms with Crippen LogP contribution in [0.15, 0.2) is 72.4 Å². The van der Waals surface area contributed by atoms with E-state index in [2.05, 4.69) is 19.7 Å². The van der Waals surface area contributed by atoms with Crippen molar-refractivity contribution in [3.8, 4) is 17.4 Å². The second-order valence-electron chi connectivity index (χ2n) is 6.31. The first-order chi connectivity index (χ1) is 13.9. The third-order valence-corrected chi connectivity index (χ3v) is 5.22. The average Bonchev–Trinajstić information content (AvgIpc) is 3.35. The summed E-state index contributed by atoms with van der Waals surface area (Å²) in [7, 11) is -2.04. The van der Waals surface area contributed by atoms with Crippen LogP contribution in [-0.4, -0.2) is 32.5 Å². The van der Waals surface area contributed by atoms with Crippen molar-refractivity contribution in [1.29, 1.82) is 0 Å². The molecule has 0 amide bonds. The number of nitrogens with one attached hydrogen (secondary N) is 1. The van der Waals surface area contributed by atoms with Gasteiger partial charge in [-0.15, -0.1) is 0 Å². The first kappa shape index (κ1) is 18.7. The molecule has 0 saturated carbocycles. The van der Waals surface area contributed by atoms with E-state index in [0.717, 1.165) is 0 Å². The minimum absolute atomic E-state index is 0.0469. The number of benzene rings is 1. The number of aromatic nitrogens is 5. The number of sulfonamides is 1.